The van der Waals surface area contributed by atoms with Crippen LogP contribution in [0.4, 0.5) is 5.69 Å². The third kappa shape index (κ3) is 5.59. The molecule has 2 aromatic carbocycles. The lowest BCUT2D eigenvalue weighted by molar-refractivity contribution is -0.141. The number of piperidine rings is 1. The zero-order chi connectivity index (χ0) is 28.3. The van der Waals surface area contributed by atoms with E-state index in [1.807, 2.05) is 12.1 Å². The van der Waals surface area contributed by atoms with Gasteiger partial charge in [-0.3, -0.25) is 9.78 Å². The van der Waals surface area contributed by atoms with Crippen LogP contribution in [-0.4, -0.2) is 82.5 Å². The Labute approximate surface area is 238 Å². The molecule has 1 atom stereocenters. The summed E-state index contributed by atoms with van der Waals surface area (Å²) in [5.41, 5.74) is 5.61. The van der Waals surface area contributed by atoms with Crippen LogP contribution in [0.25, 0.3) is 33.7 Å². The van der Waals surface area contributed by atoms with Crippen molar-refractivity contribution in [3.05, 3.63) is 60.3 Å². The molecule has 2 fully saturated rings. The third-order valence-corrected chi connectivity index (χ3v) is 7.70. The maximum Gasteiger partial charge on any atom is 0.251 e. The van der Waals surface area contributed by atoms with Crippen LogP contribution >= 0.6 is 0 Å². The minimum absolute atomic E-state index is 0.115. The lowest BCUT2D eigenvalue weighted by Gasteiger charge is -2.33. The van der Waals surface area contributed by atoms with Crippen molar-refractivity contribution in [3.8, 4) is 34.5 Å². The van der Waals surface area contributed by atoms with Crippen molar-refractivity contribution in [3.63, 3.8) is 0 Å². The molecule has 10 heteroatoms. The number of likely N-dealkylation sites (tertiary alicyclic amines) is 1. The molecule has 2 N–H and O–H groups in total. The van der Waals surface area contributed by atoms with Gasteiger partial charge < -0.3 is 29.4 Å². The van der Waals surface area contributed by atoms with Crippen molar-refractivity contribution in [1.82, 2.24) is 19.9 Å². The highest BCUT2D eigenvalue weighted by Crippen LogP contribution is 2.32. The van der Waals surface area contributed by atoms with Gasteiger partial charge >= 0.3 is 0 Å². The van der Waals surface area contributed by atoms with Crippen LogP contribution in [0.1, 0.15) is 25.3 Å². The summed E-state index contributed by atoms with van der Waals surface area (Å²) in [7, 11) is 0. The summed E-state index contributed by atoms with van der Waals surface area (Å²) in [4.78, 5) is 28.9. The molecule has 2 aliphatic heterocycles. The van der Waals surface area contributed by atoms with E-state index in [0.717, 1.165) is 54.3 Å². The molecule has 0 spiro atoms. The summed E-state index contributed by atoms with van der Waals surface area (Å²) in [5, 5.41) is 19.5. The van der Waals surface area contributed by atoms with Gasteiger partial charge in [-0.25, -0.2) is 4.98 Å². The number of pyridine rings is 1. The van der Waals surface area contributed by atoms with Gasteiger partial charge in [0.25, 0.3) is 5.91 Å². The monoisotopic (exact) mass is 552 g/mol. The van der Waals surface area contributed by atoms with Gasteiger partial charge in [0.05, 0.1) is 30.0 Å². The molecule has 1 amide bonds. The first-order valence-corrected chi connectivity index (χ1v) is 14.0. The Hall–Kier alpha value is -4.46. The number of fused-ring (bicyclic) bond motifs is 1. The predicted molar refractivity (Wildman–Crippen MR) is 154 cm³/mol. The smallest absolute Gasteiger partial charge is 0.251 e. The van der Waals surface area contributed by atoms with Crippen LogP contribution in [0.2, 0.25) is 0 Å². The molecule has 0 bridgehead atoms. The van der Waals surface area contributed by atoms with Crippen LogP contribution in [0.15, 0.2) is 54.7 Å². The van der Waals surface area contributed by atoms with E-state index < -0.39 is 6.10 Å². The molecule has 0 radical (unpaired) electrons. The fourth-order valence-corrected chi connectivity index (χ4v) is 5.44. The molecule has 0 saturated carbocycles. The second-order valence-corrected chi connectivity index (χ2v) is 10.4. The van der Waals surface area contributed by atoms with E-state index in [0.29, 0.717) is 42.9 Å². The number of ether oxygens (including phenoxy) is 2. The van der Waals surface area contributed by atoms with E-state index in [9.17, 15) is 15.2 Å². The van der Waals surface area contributed by atoms with Crippen LogP contribution in [0.3, 0.4) is 0 Å². The number of amides is 1. The highest BCUT2D eigenvalue weighted by atomic mass is 16.5. The molecule has 41 heavy (non-hydrogen) atoms. The molecule has 2 aromatic heterocycles. The minimum atomic E-state index is -1.00. The van der Waals surface area contributed by atoms with E-state index in [-0.39, 0.29) is 12.0 Å². The molecule has 0 aliphatic carbocycles. The number of rotatable bonds is 6. The minimum Gasteiger partial charge on any atom is -0.489 e. The Morgan fingerprint density at radius 2 is 1.83 bits per heavy atom. The third-order valence-electron chi connectivity index (χ3n) is 7.70. The number of imidazole rings is 1. The molecular formula is C31H32N6O4. The SMILES string of the molecule is CC(O)C(=O)N1CCC(Oc2ccc(-c3nccc4[nH]c(-c5ccc(N6CCOCC6)cc5)nc34)cc2C#N)CC1. The molecule has 10 nitrogen and oxygen atoms in total. The van der Waals surface area contributed by atoms with E-state index in [2.05, 4.69) is 45.2 Å². The maximum atomic E-state index is 12.1. The van der Waals surface area contributed by atoms with Crippen molar-refractivity contribution in [2.24, 2.45) is 0 Å². The summed E-state index contributed by atoms with van der Waals surface area (Å²) in [6.45, 7) is 5.77. The number of nitrogens with one attached hydrogen (secondary N) is 1. The number of nitrogens with zero attached hydrogens (tertiary/aromatic N) is 5. The van der Waals surface area contributed by atoms with Gasteiger partial charge in [-0.15, -0.1) is 0 Å². The van der Waals surface area contributed by atoms with E-state index in [1.165, 1.54) is 12.6 Å². The maximum absolute atomic E-state index is 12.1. The number of nitriles is 1. The molecule has 2 aliphatic rings. The second-order valence-electron chi connectivity index (χ2n) is 10.4. The van der Waals surface area contributed by atoms with Crippen molar-refractivity contribution in [2.45, 2.75) is 32.0 Å². The Balaban J connectivity index is 1.21. The summed E-state index contributed by atoms with van der Waals surface area (Å²) in [6.07, 6.45) is 1.89. The van der Waals surface area contributed by atoms with Crippen LogP contribution in [0, 0.1) is 11.3 Å². The number of benzene rings is 2. The number of morpholine rings is 1. The number of hydrogen-bond donors (Lipinski definition) is 2. The van der Waals surface area contributed by atoms with Crippen LogP contribution in [0.5, 0.6) is 5.75 Å². The first kappa shape index (κ1) is 26.7. The standard InChI is InChI=1S/C31H32N6O4/c1-20(38)31(39)37-12-9-25(10-13-37)41-27-7-4-22(18-23(27)19-32)28-29-26(8-11-33-28)34-30(35-29)21-2-5-24(6-3-21)36-14-16-40-17-15-36/h2-8,11,18,20,25,38H,9-10,12-17H2,1H3,(H,34,35). The summed E-state index contributed by atoms with van der Waals surface area (Å²) >= 11 is 0. The van der Waals surface area contributed by atoms with E-state index in [4.69, 9.17) is 14.5 Å². The highest BCUT2D eigenvalue weighted by molar-refractivity contribution is 5.91. The van der Waals surface area contributed by atoms with E-state index >= 15 is 0 Å². The number of aromatic amines is 1. The molecule has 4 aromatic rings. The Morgan fingerprint density at radius 1 is 1.10 bits per heavy atom. The lowest BCUT2D eigenvalue weighted by Crippen LogP contribution is -2.45. The molecule has 6 rings (SSSR count). The first-order chi connectivity index (χ1) is 20.0. The molecular weight excluding hydrogens is 520 g/mol. The van der Waals surface area contributed by atoms with Crippen molar-refractivity contribution >= 4 is 22.6 Å². The summed E-state index contributed by atoms with van der Waals surface area (Å²) in [5.74, 6) is 0.995. The predicted octanol–water partition coefficient (Wildman–Crippen LogP) is 3.75. The number of aliphatic hydroxyl groups excluding tert-OH is 1. The van der Waals surface area contributed by atoms with Gasteiger partial charge in [0.2, 0.25) is 0 Å². The number of H-pyrrole nitrogens is 1. The van der Waals surface area contributed by atoms with Crippen LogP contribution < -0.4 is 9.64 Å². The first-order valence-electron chi connectivity index (χ1n) is 14.0. The quantitative estimate of drug-likeness (QED) is 0.370. The number of anilines is 1. The Bertz CT molecular complexity index is 1580. The zero-order valence-corrected chi connectivity index (χ0v) is 22.9. The average Bonchev–Trinajstić information content (AvgIpc) is 3.46. The van der Waals surface area contributed by atoms with Crippen molar-refractivity contribution in [1.29, 1.82) is 5.26 Å². The molecule has 210 valence electrons. The van der Waals surface area contributed by atoms with Gasteiger partial charge in [-0.1, -0.05) is 0 Å². The average molecular weight is 553 g/mol. The largest absolute Gasteiger partial charge is 0.489 e. The van der Waals surface area contributed by atoms with Gasteiger partial charge in [0.1, 0.15) is 35.4 Å². The Morgan fingerprint density at radius 3 is 2.54 bits per heavy atom. The number of carbonyl (C=O) groups excluding carboxylic acids is 1. The fraction of sp³-hybridized carbons (Fsp3) is 0.355. The van der Waals surface area contributed by atoms with Gasteiger partial charge in [-0.05, 0) is 55.5 Å². The van der Waals surface area contributed by atoms with E-state index in [1.54, 1.807) is 23.2 Å². The zero-order valence-electron chi connectivity index (χ0n) is 22.9. The topological polar surface area (TPSA) is 128 Å². The molecule has 2 saturated heterocycles. The summed E-state index contributed by atoms with van der Waals surface area (Å²) in [6, 6.07) is 18.0. The number of hydrogen-bond acceptors (Lipinski definition) is 8. The highest BCUT2D eigenvalue weighted by Gasteiger charge is 2.26. The van der Waals surface area contributed by atoms with Crippen LogP contribution in [-0.2, 0) is 9.53 Å². The lowest BCUT2D eigenvalue weighted by atomic mass is 10.0. The normalized spacial score (nSPS) is 16.9. The number of aromatic nitrogens is 3. The van der Waals surface area contributed by atoms with Gasteiger partial charge in [0.15, 0.2) is 0 Å². The second kappa shape index (κ2) is 11.6. The van der Waals surface area contributed by atoms with Gasteiger partial charge in [-0.2, -0.15) is 5.26 Å². The summed E-state index contributed by atoms with van der Waals surface area (Å²) < 4.78 is 11.6. The van der Waals surface area contributed by atoms with Crippen molar-refractivity contribution in [2.75, 3.05) is 44.3 Å². The van der Waals surface area contributed by atoms with Crippen molar-refractivity contribution < 1.29 is 19.4 Å². The van der Waals surface area contributed by atoms with Gasteiger partial charge in [0, 0.05) is 62.0 Å². The Kier molecular flexibility index (Phi) is 7.55. The number of carbonyl (C=O) groups is 1. The number of aliphatic hydroxyl groups is 1. The molecule has 4 heterocycles. The fourth-order valence-electron chi connectivity index (χ4n) is 5.44. The molecule has 1 unspecified atom stereocenters.